The molecule has 2 aromatic heterocycles. The van der Waals surface area contributed by atoms with Gasteiger partial charge in [0.05, 0.1) is 18.4 Å². The first-order valence-corrected chi connectivity index (χ1v) is 13.3. The van der Waals surface area contributed by atoms with Gasteiger partial charge in [-0.1, -0.05) is 37.1 Å². The van der Waals surface area contributed by atoms with Gasteiger partial charge in [0, 0.05) is 41.7 Å². The number of amides is 2. The molecule has 2 N–H and O–H groups in total. The number of para-hydroxylation sites is 1. The van der Waals surface area contributed by atoms with E-state index in [9.17, 15) is 18.0 Å². The number of aromatic amines is 1. The van der Waals surface area contributed by atoms with E-state index < -0.39 is 6.36 Å². The Hall–Kier alpha value is -4.61. The van der Waals surface area contributed by atoms with Gasteiger partial charge in [0.1, 0.15) is 17.4 Å². The number of H-pyrrole nitrogens is 1. The lowest BCUT2D eigenvalue weighted by Gasteiger charge is -2.35. The SMILES string of the molecule is Cc1ccc(-c2ncc(-c3ccccc3OC(F)(F)F)[nH]2)cc1N1Cc2cnc(NC3CCCC3)nc2N(C)C1=O. The number of benzene rings is 2. The van der Waals surface area contributed by atoms with Crippen LogP contribution in [-0.2, 0) is 6.54 Å². The van der Waals surface area contributed by atoms with E-state index in [2.05, 4.69) is 30.0 Å². The summed E-state index contributed by atoms with van der Waals surface area (Å²) < 4.78 is 43.0. The van der Waals surface area contributed by atoms with Gasteiger partial charge in [-0.15, -0.1) is 13.2 Å². The maximum atomic E-state index is 13.5. The number of hydrogen-bond acceptors (Lipinski definition) is 6. The van der Waals surface area contributed by atoms with Gasteiger partial charge >= 0.3 is 12.4 Å². The summed E-state index contributed by atoms with van der Waals surface area (Å²) >= 11 is 0. The van der Waals surface area contributed by atoms with Gasteiger partial charge in [0.25, 0.3) is 0 Å². The van der Waals surface area contributed by atoms with E-state index in [0.29, 0.717) is 40.6 Å². The summed E-state index contributed by atoms with van der Waals surface area (Å²) in [4.78, 5) is 33.4. The summed E-state index contributed by atoms with van der Waals surface area (Å²) in [5.41, 5.74) is 3.62. The molecule has 2 aliphatic rings. The van der Waals surface area contributed by atoms with Crippen molar-refractivity contribution in [3.8, 4) is 28.4 Å². The molecule has 12 heteroatoms. The molecule has 6 rings (SSSR count). The molecule has 0 saturated heterocycles. The Bertz CT molecular complexity index is 1600. The number of nitrogens with one attached hydrogen (secondary N) is 2. The van der Waals surface area contributed by atoms with E-state index >= 15 is 0 Å². The lowest BCUT2D eigenvalue weighted by atomic mass is 10.1. The standard InChI is InChI=1S/C29H28F3N7O2/c1-17-11-12-18(25-33-15-22(36-25)21-9-5-6-10-24(21)41-29(30,31)32)13-23(17)39-16-19-14-34-27(35-20-7-3-4-8-20)37-26(19)38(2)28(39)40/h5-6,9-15,20H,3-4,7-8,16H2,1-2H3,(H,33,36)(H,34,35,37). The van der Waals surface area contributed by atoms with Crippen molar-refractivity contribution in [1.82, 2.24) is 19.9 Å². The molecule has 1 aliphatic carbocycles. The molecule has 2 amide bonds. The first kappa shape index (κ1) is 26.6. The smallest absolute Gasteiger partial charge is 0.405 e. The van der Waals surface area contributed by atoms with Crippen molar-refractivity contribution in [2.24, 2.45) is 0 Å². The fourth-order valence-electron chi connectivity index (χ4n) is 5.37. The highest BCUT2D eigenvalue weighted by molar-refractivity contribution is 6.05. The Balaban J connectivity index is 1.28. The van der Waals surface area contributed by atoms with E-state index in [0.717, 1.165) is 24.0 Å². The molecule has 0 spiro atoms. The quantitative estimate of drug-likeness (QED) is 0.272. The van der Waals surface area contributed by atoms with Gasteiger partial charge in [-0.2, -0.15) is 4.98 Å². The van der Waals surface area contributed by atoms with E-state index in [1.54, 1.807) is 24.2 Å². The minimum atomic E-state index is -4.82. The molecule has 0 unspecified atom stereocenters. The van der Waals surface area contributed by atoms with E-state index in [1.807, 2.05) is 25.1 Å². The lowest BCUT2D eigenvalue weighted by molar-refractivity contribution is -0.274. The maximum absolute atomic E-state index is 13.5. The average molecular weight is 564 g/mol. The van der Waals surface area contributed by atoms with Crippen molar-refractivity contribution in [2.45, 2.75) is 51.6 Å². The van der Waals surface area contributed by atoms with Crippen molar-refractivity contribution in [3.63, 3.8) is 0 Å². The maximum Gasteiger partial charge on any atom is 0.573 e. The van der Waals surface area contributed by atoms with Crippen LogP contribution in [0.4, 0.5) is 35.4 Å². The van der Waals surface area contributed by atoms with Crippen molar-refractivity contribution in [3.05, 3.63) is 66.0 Å². The van der Waals surface area contributed by atoms with Gasteiger partial charge in [-0.25, -0.2) is 14.8 Å². The van der Waals surface area contributed by atoms with Crippen molar-refractivity contribution in [2.75, 3.05) is 22.2 Å². The molecule has 2 aromatic carbocycles. The summed E-state index contributed by atoms with van der Waals surface area (Å²) in [6, 6.07) is 11.5. The molecule has 0 bridgehead atoms. The molecular formula is C29H28F3N7O2. The molecule has 212 valence electrons. The van der Waals surface area contributed by atoms with Crippen molar-refractivity contribution < 1.29 is 22.7 Å². The van der Waals surface area contributed by atoms with Crippen LogP contribution in [-0.4, -0.2) is 45.4 Å². The van der Waals surface area contributed by atoms with Gasteiger partial charge in [0.2, 0.25) is 5.95 Å². The Labute approximate surface area is 234 Å². The molecule has 1 aliphatic heterocycles. The number of hydrogen-bond donors (Lipinski definition) is 2. The second-order valence-electron chi connectivity index (χ2n) is 10.3. The van der Waals surface area contributed by atoms with Gasteiger partial charge < -0.3 is 15.0 Å². The van der Waals surface area contributed by atoms with Crippen LogP contribution < -0.4 is 19.9 Å². The second kappa shape index (κ2) is 10.4. The largest absolute Gasteiger partial charge is 0.573 e. The molecule has 1 fully saturated rings. The number of fused-ring (bicyclic) bond motifs is 1. The van der Waals surface area contributed by atoms with Crippen LogP contribution in [0.5, 0.6) is 5.75 Å². The zero-order chi connectivity index (χ0) is 28.7. The molecule has 1 saturated carbocycles. The van der Waals surface area contributed by atoms with Crippen molar-refractivity contribution >= 4 is 23.5 Å². The minimum absolute atomic E-state index is 0.224. The number of halogens is 3. The first-order valence-electron chi connectivity index (χ1n) is 13.3. The molecule has 0 radical (unpaired) electrons. The fraction of sp³-hybridized carbons (Fsp3) is 0.310. The van der Waals surface area contributed by atoms with Crippen LogP contribution in [0.15, 0.2) is 54.9 Å². The highest BCUT2D eigenvalue weighted by Gasteiger charge is 2.33. The number of aromatic nitrogens is 4. The number of imidazole rings is 1. The summed E-state index contributed by atoms with van der Waals surface area (Å²) in [5.74, 6) is 1.21. The highest BCUT2D eigenvalue weighted by Crippen LogP contribution is 2.36. The third-order valence-corrected chi connectivity index (χ3v) is 7.45. The predicted octanol–water partition coefficient (Wildman–Crippen LogP) is 6.67. The zero-order valence-corrected chi connectivity index (χ0v) is 22.5. The predicted molar refractivity (Wildman–Crippen MR) is 149 cm³/mol. The van der Waals surface area contributed by atoms with Crippen LogP contribution in [0.1, 0.15) is 36.8 Å². The van der Waals surface area contributed by atoms with Gasteiger partial charge in [0.15, 0.2) is 0 Å². The summed E-state index contributed by atoms with van der Waals surface area (Å²) in [6.45, 7) is 2.20. The molecule has 9 nitrogen and oxygen atoms in total. The number of carbonyl (C=O) groups excluding carboxylic acids is 1. The Morgan fingerprint density at radius 1 is 1.07 bits per heavy atom. The first-order chi connectivity index (χ1) is 19.7. The normalized spacial score (nSPS) is 15.8. The lowest BCUT2D eigenvalue weighted by Crippen LogP contribution is -2.46. The average Bonchev–Trinajstić information content (AvgIpc) is 3.64. The Morgan fingerprint density at radius 3 is 2.63 bits per heavy atom. The third kappa shape index (κ3) is 5.41. The van der Waals surface area contributed by atoms with Crippen LogP contribution in [0.2, 0.25) is 0 Å². The van der Waals surface area contributed by atoms with Crippen molar-refractivity contribution in [1.29, 1.82) is 0 Å². The number of anilines is 3. The van der Waals surface area contributed by atoms with E-state index in [1.165, 1.54) is 42.1 Å². The number of rotatable bonds is 6. The highest BCUT2D eigenvalue weighted by atomic mass is 19.4. The van der Waals surface area contributed by atoms with E-state index in [-0.39, 0.29) is 23.9 Å². The Kier molecular flexibility index (Phi) is 6.76. The molecule has 41 heavy (non-hydrogen) atoms. The summed E-state index contributed by atoms with van der Waals surface area (Å²) in [7, 11) is 1.69. The number of ether oxygens (including phenoxy) is 1. The van der Waals surface area contributed by atoms with Crippen LogP contribution in [0.25, 0.3) is 22.6 Å². The number of nitrogens with zero attached hydrogens (tertiary/aromatic N) is 5. The number of aryl methyl sites for hydroxylation is 1. The van der Waals surface area contributed by atoms with Crippen LogP contribution >= 0.6 is 0 Å². The number of urea groups is 1. The van der Waals surface area contributed by atoms with Crippen LogP contribution in [0.3, 0.4) is 0 Å². The minimum Gasteiger partial charge on any atom is -0.405 e. The molecule has 4 aromatic rings. The zero-order valence-electron chi connectivity index (χ0n) is 22.5. The summed E-state index contributed by atoms with van der Waals surface area (Å²) in [6.07, 6.45) is 2.94. The molecule has 3 heterocycles. The molecular weight excluding hydrogens is 535 g/mol. The number of alkyl halides is 3. The van der Waals surface area contributed by atoms with Gasteiger partial charge in [-0.3, -0.25) is 9.80 Å². The Morgan fingerprint density at radius 2 is 1.85 bits per heavy atom. The summed E-state index contributed by atoms with van der Waals surface area (Å²) in [5, 5.41) is 3.38. The van der Waals surface area contributed by atoms with Gasteiger partial charge in [-0.05, 0) is 43.5 Å². The van der Waals surface area contributed by atoms with E-state index in [4.69, 9.17) is 0 Å². The fourth-order valence-corrected chi connectivity index (χ4v) is 5.37. The molecule has 0 atom stereocenters. The second-order valence-corrected chi connectivity index (χ2v) is 10.3. The monoisotopic (exact) mass is 563 g/mol. The number of carbonyl (C=O) groups is 1. The third-order valence-electron chi connectivity index (χ3n) is 7.45. The topological polar surface area (TPSA) is 99.3 Å². The van der Waals surface area contributed by atoms with Crippen LogP contribution in [0, 0.1) is 6.92 Å².